The Kier molecular flexibility index (Phi) is 4.33. The monoisotopic (exact) mass is 178 g/mol. The molecule has 0 aromatic rings. The predicted octanol–water partition coefficient (Wildman–Crippen LogP) is 0.864. The highest BCUT2D eigenvalue weighted by Crippen LogP contribution is 2.02. The van der Waals surface area contributed by atoms with E-state index in [1.54, 1.807) is 6.92 Å². The number of carbonyl (C=O) groups is 1. The van der Waals surface area contributed by atoms with Crippen molar-refractivity contribution < 1.29 is 14.1 Å². The van der Waals surface area contributed by atoms with E-state index in [4.69, 9.17) is 5.11 Å². The number of carboxylic acids is 1. The van der Waals surface area contributed by atoms with Crippen LogP contribution in [0.5, 0.6) is 0 Å². The van der Waals surface area contributed by atoms with Gasteiger partial charge in [-0.1, -0.05) is 20.8 Å². The van der Waals surface area contributed by atoms with Gasteiger partial charge in [0.15, 0.2) is 0 Å². The molecule has 0 amide bonds. The van der Waals surface area contributed by atoms with E-state index in [1.807, 2.05) is 13.8 Å². The van der Waals surface area contributed by atoms with E-state index >= 15 is 0 Å². The third-order valence-electron chi connectivity index (χ3n) is 1.36. The van der Waals surface area contributed by atoms with E-state index in [0.717, 1.165) is 0 Å². The SMILES string of the molecule is CC(CS(=O)C(C)C)C(=O)O. The summed E-state index contributed by atoms with van der Waals surface area (Å²) in [5, 5.41) is 8.53. The zero-order valence-electron chi connectivity index (χ0n) is 7.03. The van der Waals surface area contributed by atoms with Crippen LogP contribution in [0.2, 0.25) is 0 Å². The van der Waals surface area contributed by atoms with Gasteiger partial charge in [-0.15, -0.1) is 0 Å². The second-order valence-electron chi connectivity index (χ2n) is 2.84. The zero-order valence-corrected chi connectivity index (χ0v) is 7.85. The molecule has 2 unspecified atom stereocenters. The summed E-state index contributed by atoms with van der Waals surface area (Å²) in [6.07, 6.45) is 0. The van der Waals surface area contributed by atoms with Crippen molar-refractivity contribution in [1.29, 1.82) is 0 Å². The second kappa shape index (κ2) is 4.49. The van der Waals surface area contributed by atoms with E-state index in [1.165, 1.54) is 0 Å². The molecule has 0 bridgehead atoms. The first-order valence-corrected chi connectivity index (χ1v) is 4.93. The molecule has 0 saturated carbocycles. The highest BCUT2D eigenvalue weighted by atomic mass is 32.2. The minimum atomic E-state index is -1.00. The standard InChI is InChI=1S/C7H14O3S/c1-5(2)11(10)4-6(3)7(8)9/h5-6H,4H2,1-3H3,(H,8,9). The number of carboxylic acid groups (broad SMARTS) is 1. The largest absolute Gasteiger partial charge is 0.481 e. The van der Waals surface area contributed by atoms with Crippen LogP contribution in [0.15, 0.2) is 0 Å². The van der Waals surface area contributed by atoms with Crippen LogP contribution in [0.25, 0.3) is 0 Å². The maximum Gasteiger partial charge on any atom is 0.307 e. The van der Waals surface area contributed by atoms with E-state index in [0.29, 0.717) is 0 Å². The smallest absolute Gasteiger partial charge is 0.307 e. The Morgan fingerprint density at radius 1 is 1.45 bits per heavy atom. The van der Waals surface area contributed by atoms with Gasteiger partial charge in [0.2, 0.25) is 0 Å². The van der Waals surface area contributed by atoms with Crippen molar-refractivity contribution >= 4 is 16.8 Å². The molecule has 0 heterocycles. The van der Waals surface area contributed by atoms with E-state index < -0.39 is 22.7 Å². The van der Waals surface area contributed by atoms with Crippen molar-refractivity contribution in [2.24, 2.45) is 5.92 Å². The Morgan fingerprint density at radius 2 is 1.91 bits per heavy atom. The molecule has 0 aliphatic carbocycles. The van der Waals surface area contributed by atoms with Crippen molar-refractivity contribution in [3.05, 3.63) is 0 Å². The predicted molar refractivity (Wildman–Crippen MR) is 44.9 cm³/mol. The van der Waals surface area contributed by atoms with Gasteiger partial charge in [-0.05, 0) is 0 Å². The van der Waals surface area contributed by atoms with E-state index in [9.17, 15) is 9.00 Å². The summed E-state index contributed by atoms with van der Waals surface area (Å²) in [7, 11) is -1.00. The number of hydrogen-bond acceptors (Lipinski definition) is 2. The summed E-state index contributed by atoms with van der Waals surface area (Å²) in [6, 6.07) is 0. The lowest BCUT2D eigenvalue weighted by molar-refractivity contribution is -0.140. The molecule has 2 atom stereocenters. The zero-order chi connectivity index (χ0) is 9.02. The summed E-state index contributed by atoms with van der Waals surface area (Å²) in [6.45, 7) is 5.22. The van der Waals surface area contributed by atoms with Gasteiger partial charge in [-0.3, -0.25) is 9.00 Å². The van der Waals surface area contributed by atoms with E-state index in [-0.39, 0.29) is 11.0 Å². The van der Waals surface area contributed by atoms with Crippen LogP contribution < -0.4 is 0 Å². The molecule has 0 rings (SSSR count). The van der Waals surface area contributed by atoms with Gasteiger partial charge in [0.25, 0.3) is 0 Å². The Balaban J connectivity index is 3.85. The average molecular weight is 178 g/mol. The molecule has 0 radical (unpaired) electrons. The van der Waals surface area contributed by atoms with Gasteiger partial charge in [0.05, 0.1) is 5.92 Å². The highest BCUT2D eigenvalue weighted by Gasteiger charge is 2.16. The van der Waals surface area contributed by atoms with Gasteiger partial charge in [-0.2, -0.15) is 0 Å². The van der Waals surface area contributed by atoms with Crippen molar-refractivity contribution in [3.8, 4) is 0 Å². The molecular formula is C7H14O3S. The van der Waals surface area contributed by atoms with Gasteiger partial charge in [0.1, 0.15) is 0 Å². The Morgan fingerprint density at radius 3 is 2.18 bits per heavy atom. The molecule has 0 fully saturated rings. The summed E-state index contributed by atoms with van der Waals surface area (Å²) < 4.78 is 11.1. The highest BCUT2D eigenvalue weighted by molar-refractivity contribution is 7.85. The molecular weight excluding hydrogens is 164 g/mol. The van der Waals surface area contributed by atoms with Crippen LogP contribution in [-0.2, 0) is 15.6 Å². The van der Waals surface area contributed by atoms with Crippen LogP contribution in [0.1, 0.15) is 20.8 Å². The second-order valence-corrected chi connectivity index (χ2v) is 4.87. The third-order valence-corrected chi connectivity index (χ3v) is 3.24. The molecule has 0 aliphatic heterocycles. The normalized spacial score (nSPS) is 16.4. The Hall–Kier alpha value is -0.380. The van der Waals surface area contributed by atoms with Crippen molar-refractivity contribution in [2.75, 3.05) is 5.75 Å². The summed E-state index contributed by atoms with van der Waals surface area (Å²) in [4.78, 5) is 10.3. The molecule has 1 N–H and O–H groups in total. The van der Waals surface area contributed by atoms with Gasteiger partial charge < -0.3 is 5.11 Å². The molecule has 0 aliphatic rings. The van der Waals surface area contributed by atoms with Crippen LogP contribution in [-0.4, -0.2) is 26.3 Å². The number of hydrogen-bond donors (Lipinski definition) is 1. The minimum absolute atomic E-state index is 0.0526. The fourth-order valence-corrected chi connectivity index (χ4v) is 1.53. The first-order valence-electron chi connectivity index (χ1n) is 3.55. The van der Waals surface area contributed by atoms with Crippen LogP contribution in [0.3, 0.4) is 0 Å². The number of aliphatic carboxylic acids is 1. The maximum atomic E-state index is 11.1. The average Bonchev–Trinajstić information content (AvgIpc) is 1.87. The first-order chi connectivity index (χ1) is 4.95. The van der Waals surface area contributed by atoms with Crippen molar-refractivity contribution in [3.63, 3.8) is 0 Å². The summed E-state index contributed by atoms with van der Waals surface area (Å²) >= 11 is 0. The fourth-order valence-electron chi connectivity index (χ4n) is 0.510. The van der Waals surface area contributed by atoms with Gasteiger partial charge >= 0.3 is 5.97 Å². The first kappa shape index (κ1) is 10.6. The molecule has 11 heavy (non-hydrogen) atoms. The Labute approximate surface area is 69.3 Å². The third kappa shape index (κ3) is 4.14. The van der Waals surface area contributed by atoms with Gasteiger partial charge in [0, 0.05) is 21.8 Å². The summed E-state index contributed by atoms with van der Waals surface area (Å²) in [5.41, 5.74) is 0. The Bertz CT molecular complexity index is 165. The molecule has 0 spiro atoms. The molecule has 0 aromatic carbocycles. The van der Waals surface area contributed by atoms with Crippen molar-refractivity contribution in [1.82, 2.24) is 0 Å². The molecule has 4 heteroatoms. The van der Waals surface area contributed by atoms with Crippen molar-refractivity contribution in [2.45, 2.75) is 26.0 Å². The molecule has 3 nitrogen and oxygen atoms in total. The molecule has 0 aromatic heterocycles. The van der Waals surface area contributed by atoms with Crippen LogP contribution in [0, 0.1) is 5.92 Å². The van der Waals surface area contributed by atoms with Gasteiger partial charge in [-0.25, -0.2) is 0 Å². The molecule has 66 valence electrons. The topological polar surface area (TPSA) is 54.4 Å². The maximum absolute atomic E-state index is 11.1. The lowest BCUT2D eigenvalue weighted by Gasteiger charge is -2.07. The minimum Gasteiger partial charge on any atom is -0.481 e. The van der Waals surface area contributed by atoms with Crippen LogP contribution in [0.4, 0.5) is 0 Å². The summed E-state index contributed by atoms with van der Waals surface area (Å²) in [5.74, 6) is -1.12. The fraction of sp³-hybridized carbons (Fsp3) is 0.857. The number of rotatable bonds is 4. The lowest BCUT2D eigenvalue weighted by atomic mass is 10.2. The lowest BCUT2D eigenvalue weighted by Crippen LogP contribution is -2.21. The van der Waals surface area contributed by atoms with Crippen LogP contribution >= 0.6 is 0 Å². The molecule has 0 saturated heterocycles. The van der Waals surface area contributed by atoms with E-state index in [2.05, 4.69) is 0 Å². The quantitative estimate of drug-likeness (QED) is 0.694.